The molecule has 0 aromatic heterocycles. The largest absolute Gasteiger partial charge is 0.459 e. The Balaban J connectivity index is 3.07. The standard InChI is InChI=1S/C14H18N2O6/c1-4-10(5-2)9(3)22-14(17)11-6-12(15(18)19)8-13(7-11)16(20)21/h6-10H,4-5H2,1-3H3. The van der Waals surface area contributed by atoms with E-state index in [-0.39, 0.29) is 17.6 Å². The van der Waals surface area contributed by atoms with Crippen LogP contribution in [-0.4, -0.2) is 21.9 Å². The van der Waals surface area contributed by atoms with Gasteiger partial charge in [0.1, 0.15) is 6.10 Å². The molecular formula is C14H18N2O6. The molecule has 1 aromatic rings. The minimum atomic E-state index is -0.800. The maximum Gasteiger partial charge on any atom is 0.338 e. The van der Waals surface area contributed by atoms with E-state index in [4.69, 9.17) is 4.74 Å². The van der Waals surface area contributed by atoms with Crippen molar-refractivity contribution >= 4 is 17.3 Å². The number of nitrogens with zero attached hydrogens (tertiary/aromatic N) is 2. The summed E-state index contributed by atoms with van der Waals surface area (Å²) in [6, 6.07) is 2.77. The van der Waals surface area contributed by atoms with E-state index in [9.17, 15) is 25.0 Å². The zero-order valence-electron chi connectivity index (χ0n) is 12.6. The zero-order chi connectivity index (χ0) is 16.9. The molecule has 0 fully saturated rings. The quantitative estimate of drug-likeness (QED) is 0.433. The first-order valence-electron chi connectivity index (χ1n) is 6.94. The maximum atomic E-state index is 12.1. The third kappa shape index (κ3) is 4.24. The van der Waals surface area contributed by atoms with Crippen LogP contribution in [0.15, 0.2) is 18.2 Å². The number of hydrogen-bond acceptors (Lipinski definition) is 6. The summed E-state index contributed by atoms with van der Waals surface area (Å²) in [6.45, 7) is 5.68. The molecule has 120 valence electrons. The van der Waals surface area contributed by atoms with Gasteiger partial charge in [-0.25, -0.2) is 4.79 Å². The van der Waals surface area contributed by atoms with Crippen LogP contribution >= 0.6 is 0 Å². The van der Waals surface area contributed by atoms with Crippen molar-refractivity contribution in [1.82, 2.24) is 0 Å². The normalized spacial score (nSPS) is 12.0. The first kappa shape index (κ1) is 17.5. The van der Waals surface area contributed by atoms with Gasteiger partial charge in [-0.2, -0.15) is 0 Å². The van der Waals surface area contributed by atoms with Crippen LogP contribution in [0.2, 0.25) is 0 Å². The third-order valence-corrected chi connectivity index (χ3v) is 3.57. The summed E-state index contributed by atoms with van der Waals surface area (Å²) < 4.78 is 5.27. The van der Waals surface area contributed by atoms with E-state index in [2.05, 4.69) is 0 Å². The van der Waals surface area contributed by atoms with Gasteiger partial charge in [-0.1, -0.05) is 13.8 Å². The second-order valence-corrected chi connectivity index (χ2v) is 4.94. The highest BCUT2D eigenvalue weighted by atomic mass is 16.6. The van der Waals surface area contributed by atoms with E-state index in [1.807, 2.05) is 13.8 Å². The van der Waals surface area contributed by atoms with E-state index < -0.39 is 27.2 Å². The lowest BCUT2D eigenvalue weighted by Gasteiger charge is -2.21. The number of ether oxygens (including phenoxy) is 1. The van der Waals surface area contributed by atoms with Crippen molar-refractivity contribution in [2.24, 2.45) is 5.92 Å². The molecule has 0 saturated carbocycles. The van der Waals surface area contributed by atoms with E-state index in [0.29, 0.717) is 0 Å². The van der Waals surface area contributed by atoms with Crippen molar-refractivity contribution in [1.29, 1.82) is 0 Å². The number of hydrogen-bond donors (Lipinski definition) is 0. The number of nitro benzene ring substituents is 2. The van der Waals surface area contributed by atoms with Gasteiger partial charge in [-0.15, -0.1) is 0 Å². The average molecular weight is 310 g/mol. The molecule has 0 heterocycles. The van der Waals surface area contributed by atoms with Crippen molar-refractivity contribution < 1.29 is 19.4 Å². The molecule has 0 N–H and O–H groups in total. The number of benzene rings is 1. The third-order valence-electron chi connectivity index (χ3n) is 3.57. The fourth-order valence-corrected chi connectivity index (χ4v) is 2.21. The number of nitro groups is 2. The highest BCUT2D eigenvalue weighted by Gasteiger charge is 2.23. The Bertz CT molecular complexity index is 550. The van der Waals surface area contributed by atoms with Crippen molar-refractivity contribution in [3.63, 3.8) is 0 Å². The Hall–Kier alpha value is -2.51. The van der Waals surface area contributed by atoms with Crippen LogP contribution in [0.25, 0.3) is 0 Å². The Morgan fingerprint density at radius 3 is 1.91 bits per heavy atom. The lowest BCUT2D eigenvalue weighted by atomic mass is 9.98. The first-order chi connectivity index (χ1) is 10.3. The molecule has 0 amide bonds. The van der Waals surface area contributed by atoms with Gasteiger partial charge in [-0.05, 0) is 25.7 Å². The lowest BCUT2D eigenvalue weighted by Crippen LogP contribution is -2.23. The Labute approximate surface area is 127 Å². The minimum Gasteiger partial charge on any atom is -0.459 e. The molecule has 1 unspecified atom stereocenters. The molecule has 22 heavy (non-hydrogen) atoms. The van der Waals surface area contributed by atoms with Crippen molar-refractivity contribution in [2.45, 2.75) is 39.7 Å². The predicted molar refractivity (Wildman–Crippen MR) is 78.7 cm³/mol. The Morgan fingerprint density at radius 2 is 1.55 bits per heavy atom. The molecular weight excluding hydrogens is 292 g/mol. The molecule has 1 aromatic carbocycles. The van der Waals surface area contributed by atoms with Gasteiger partial charge in [0.05, 0.1) is 21.5 Å². The number of carbonyl (C=O) groups excluding carboxylic acids is 1. The SMILES string of the molecule is CCC(CC)C(C)OC(=O)c1cc([N+](=O)[O-])cc([N+](=O)[O-])c1. The van der Waals surface area contributed by atoms with Gasteiger partial charge in [0.25, 0.3) is 11.4 Å². The molecule has 0 aliphatic carbocycles. The summed E-state index contributed by atoms with van der Waals surface area (Å²) in [5.74, 6) is -0.635. The van der Waals surface area contributed by atoms with Gasteiger partial charge in [0, 0.05) is 12.1 Å². The van der Waals surface area contributed by atoms with Crippen LogP contribution in [-0.2, 0) is 4.74 Å². The van der Waals surface area contributed by atoms with Crippen molar-refractivity contribution in [3.8, 4) is 0 Å². The van der Waals surface area contributed by atoms with Crippen LogP contribution < -0.4 is 0 Å². The summed E-state index contributed by atoms with van der Waals surface area (Å²) in [7, 11) is 0. The maximum absolute atomic E-state index is 12.1. The van der Waals surface area contributed by atoms with Gasteiger partial charge >= 0.3 is 5.97 Å². The highest BCUT2D eigenvalue weighted by molar-refractivity contribution is 5.91. The smallest absolute Gasteiger partial charge is 0.338 e. The topological polar surface area (TPSA) is 113 Å². The fourth-order valence-electron chi connectivity index (χ4n) is 2.21. The number of rotatable bonds is 7. The Morgan fingerprint density at radius 1 is 1.09 bits per heavy atom. The van der Waals surface area contributed by atoms with E-state index in [1.54, 1.807) is 6.92 Å². The lowest BCUT2D eigenvalue weighted by molar-refractivity contribution is -0.394. The fraction of sp³-hybridized carbons (Fsp3) is 0.500. The summed E-state index contributed by atoms with van der Waals surface area (Å²) in [6.07, 6.45) is 1.26. The summed E-state index contributed by atoms with van der Waals surface area (Å²) in [5.41, 5.74) is -1.23. The van der Waals surface area contributed by atoms with Crippen molar-refractivity contribution in [3.05, 3.63) is 44.0 Å². The van der Waals surface area contributed by atoms with Gasteiger partial charge in [-0.3, -0.25) is 20.2 Å². The molecule has 0 saturated heterocycles. The molecule has 0 aliphatic heterocycles. The number of esters is 1. The molecule has 1 rings (SSSR count). The highest BCUT2D eigenvalue weighted by Crippen LogP contribution is 2.24. The summed E-state index contributed by atoms with van der Waals surface area (Å²) in [5, 5.41) is 21.6. The van der Waals surface area contributed by atoms with Crippen LogP contribution in [0, 0.1) is 26.1 Å². The Kier molecular flexibility index (Phi) is 5.97. The second-order valence-electron chi connectivity index (χ2n) is 4.94. The van der Waals surface area contributed by atoms with Gasteiger partial charge in [0.2, 0.25) is 0 Å². The van der Waals surface area contributed by atoms with Crippen LogP contribution in [0.3, 0.4) is 0 Å². The first-order valence-corrected chi connectivity index (χ1v) is 6.94. The minimum absolute atomic E-state index is 0.164. The monoisotopic (exact) mass is 310 g/mol. The zero-order valence-corrected chi connectivity index (χ0v) is 12.6. The van der Waals surface area contributed by atoms with Gasteiger partial charge < -0.3 is 4.74 Å². The molecule has 8 heteroatoms. The van der Waals surface area contributed by atoms with E-state index >= 15 is 0 Å². The second kappa shape index (κ2) is 7.48. The van der Waals surface area contributed by atoms with E-state index in [1.165, 1.54) is 0 Å². The van der Waals surface area contributed by atoms with Crippen LogP contribution in [0.5, 0.6) is 0 Å². The average Bonchev–Trinajstić information content (AvgIpc) is 2.47. The molecule has 1 atom stereocenters. The molecule has 0 bridgehead atoms. The summed E-state index contributed by atoms with van der Waals surface area (Å²) >= 11 is 0. The predicted octanol–water partition coefficient (Wildman–Crippen LogP) is 3.48. The van der Waals surface area contributed by atoms with E-state index in [0.717, 1.165) is 31.0 Å². The molecule has 0 spiro atoms. The molecule has 0 radical (unpaired) electrons. The molecule has 8 nitrogen and oxygen atoms in total. The van der Waals surface area contributed by atoms with Crippen LogP contribution in [0.4, 0.5) is 11.4 Å². The number of carbonyl (C=O) groups is 1. The van der Waals surface area contributed by atoms with Gasteiger partial charge in [0.15, 0.2) is 0 Å². The summed E-state index contributed by atoms with van der Waals surface area (Å²) in [4.78, 5) is 32.1. The number of non-ortho nitro benzene ring substituents is 2. The van der Waals surface area contributed by atoms with Crippen LogP contribution in [0.1, 0.15) is 44.0 Å². The molecule has 0 aliphatic rings. The van der Waals surface area contributed by atoms with Crippen molar-refractivity contribution in [2.75, 3.05) is 0 Å².